The average molecular weight is 97.5 g/mol. The summed E-state index contributed by atoms with van der Waals surface area (Å²) in [6.45, 7) is 1.77. The maximum Gasteiger partial charge on any atom is 0.0538 e. The number of halogens is 1. The molecule has 2 N–H and O–H groups in total. The minimum Gasteiger partial charge on any atom is -0.298 e. The summed E-state index contributed by atoms with van der Waals surface area (Å²) in [6.07, 6.45) is 0. The van der Waals surface area contributed by atoms with Gasteiger partial charge in [-0.2, -0.15) is 0 Å². The normalized spacial score (nSPS) is 15.8. The highest BCUT2D eigenvalue weighted by Crippen LogP contribution is 2.23. The fourth-order valence-corrected chi connectivity index (χ4v) is 0. The molecular formula is CH5ClNP. The van der Waals surface area contributed by atoms with E-state index in [9.17, 15) is 0 Å². The fraction of sp³-hybridized carbons (Fsp3) is 1.00. The smallest absolute Gasteiger partial charge is 0.0538 e. The van der Waals surface area contributed by atoms with Crippen molar-refractivity contribution >= 4 is 18.7 Å². The number of nitrogens with two attached hydrogens (primary N) is 1. The van der Waals surface area contributed by atoms with Crippen LogP contribution in [0.25, 0.3) is 0 Å². The Labute approximate surface area is 31.7 Å². The lowest BCUT2D eigenvalue weighted by Crippen LogP contribution is -1.70. The third kappa shape index (κ3) is 16.4. The molecule has 0 amide bonds. The highest BCUT2D eigenvalue weighted by atomic mass is 35.7. The number of hydrogen-bond acceptors (Lipinski definition) is 1. The van der Waals surface area contributed by atoms with Gasteiger partial charge in [0.25, 0.3) is 0 Å². The van der Waals surface area contributed by atoms with Gasteiger partial charge in [0, 0.05) is 0 Å². The van der Waals surface area contributed by atoms with Crippen molar-refractivity contribution in [2.45, 2.75) is 0 Å². The first-order chi connectivity index (χ1) is 1.73. The van der Waals surface area contributed by atoms with E-state index in [2.05, 4.69) is 0 Å². The zero-order chi connectivity index (χ0) is 3.58. The van der Waals surface area contributed by atoms with E-state index in [1.165, 1.54) is 0 Å². The predicted octanol–water partition coefficient (Wildman–Crippen LogP) is 1.13. The molecule has 0 aromatic rings. The zero-order valence-corrected chi connectivity index (χ0v) is 4.05. The molecule has 1 nitrogen and oxygen atoms in total. The summed E-state index contributed by atoms with van der Waals surface area (Å²) in [5.41, 5.74) is 4.94. The Balaban J connectivity index is 2.32. The second-order valence-corrected chi connectivity index (χ2v) is 3.17. The molecule has 0 aromatic heterocycles. The van der Waals surface area contributed by atoms with Gasteiger partial charge in [-0.05, 0) is 6.66 Å². The van der Waals surface area contributed by atoms with Crippen LogP contribution in [0.1, 0.15) is 0 Å². The Morgan fingerprint density at radius 3 is 2.00 bits per heavy atom. The highest BCUT2D eigenvalue weighted by Gasteiger charge is 1.70. The van der Waals surface area contributed by atoms with Crippen LogP contribution in [0, 0.1) is 0 Å². The molecule has 0 unspecified atom stereocenters. The van der Waals surface area contributed by atoms with Gasteiger partial charge in [-0.1, -0.05) is 11.2 Å². The Morgan fingerprint density at radius 1 is 2.00 bits per heavy atom. The van der Waals surface area contributed by atoms with Crippen molar-refractivity contribution in [3.05, 3.63) is 0 Å². The Bertz CT molecular complexity index is 12.8. The minimum absolute atomic E-state index is 0.648. The van der Waals surface area contributed by atoms with Crippen molar-refractivity contribution < 1.29 is 0 Å². The Kier molecular flexibility index (Phi) is 2.28. The van der Waals surface area contributed by atoms with Gasteiger partial charge in [-0.25, -0.2) is 0 Å². The van der Waals surface area contributed by atoms with Gasteiger partial charge in [0.2, 0.25) is 0 Å². The van der Waals surface area contributed by atoms with Gasteiger partial charge in [0.15, 0.2) is 0 Å². The first kappa shape index (κ1) is 4.68. The molecule has 0 radical (unpaired) electrons. The fourth-order valence-electron chi connectivity index (χ4n) is 0. The molecule has 4 heavy (non-hydrogen) atoms. The zero-order valence-electron chi connectivity index (χ0n) is 2.40. The molecule has 0 spiro atoms. The van der Waals surface area contributed by atoms with Gasteiger partial charge in [0.1, 0.15) is 0 Å². The molecule has 3 heteroatoms. The summed E-state index contributed by atoms with van der Waals surface area (Å²) < 4.78 is 0. The molecule has 0 bridgehead atoms. The molecule has 0 heterocycles. The Hall–Kier alpha value is 0.680. The largest absolute Gasteiger partial charge is 0.298 e. The standard InChI is InChI=1S/CH5ClNP/c1-4(2)3/h3H2,1H3/t4-/m0/s1. The van der Waals surface area contributed by atoms with Gasteiger partial charge < -0.3 is 0 Å². The summed E-state index contributed by atoms with van der Waals surface area (Å²) in [5, 5.41) is 0. The van der Waals surface area contributed by atoms with E-state index in [4.69, 9.17) is 16.7 Å². The van der Waals surface area contributed by atoms with Crippen molar-refractivity contribution in [3.8, 4) is 0 Å². The van der Waals surface area contributed by atoms with Crippen molar-refractivity contribution in [3.63, 3.8) is 0 Å². The minimum atomic E-state index is -0.648. The lowest BCUT2D eigenvalue weighted by Gasteiger charge is -1.78. The van der Waals surface area contributed by atoms with Crippen molar-refractivity contribution in [2.75, 3.05) is 6.66 Å². The van der Waals surface area contributed by atoms with Crippen molar-refractivity contribution in [1.82, 2.24) is 0 Å². The molecular weight excluding hydrogens is 92.4 g/mol. The lowest BCUT2D eigenvalue weighted by molar-refractivity contribution is 1.97. The van der Waals surface area contributed by atoms with Crippen LogP contribution >= 0.6 is 18.7 Å². The SMILES string of the molecule is C[P@](N)Cl. The molecule has 0 saturated carbocycles. The van der Waals surface area contributed by atoms with Crippen LogP contribution < -0.4 is 5.50 Å². The summed E-state index contributed by atoms with van der Waals surface area (Å²) in [6, 6.07) is 0. The summed E-state index contributed by atoms with van der Waals surface area (Å²) in [4.78, 5) is 0. The van der Waals surface area contributed by atoms with Crippen LogP contribution in [0.2, 0.25) is 0 Å². The quantitative estimate of drug-likeness (QED) is 0.451. The molecule has 0 aliphatic rings. The van der Waals surface area contributed by atoms with E-state index in [0.29, 0.717) is 0 Å². The molecule has 0 rings (SSSR count). The first-order valence-electron chi connectivity index (χ1n) is 0.874. The predicted molar refractivity (Wildman–Crippen MR) is 22.9 cm³/mol. The monoisotopic (exact) mass is 97.0 g/mol. The molecule has 0 aliphatic heterocycles. The molecule has 0 fully saturated rings. The maximum atomic E-state index is 5.12. The van der Waals surface area contributed by atoms with Crippen LogP contribution in [0.15, 0.2) is 0 Å². The van der Waals surface area contributed by atoms with Gasteiger partial charge in [0.05, 0.1) is 7.43 Å². The van der Waals surface area contributed by atoms with Gasteiger partial charge in [-0.15, -0.1) is 0 Å². The van der Waals surface area contributed by atoms with Crippen LogP contribution in [-0.2, 0) is 0 Å². The second-order valence-electron chi connectivity index (χ2n) is 0.525. The average Bonchev–Trinajstić information content (AvgIpc) is 0.811. The summed E-state index contributed by atoms with van der Waals surface area (Å²) in [5.74, 6) is 0. The van der Waals surface area contributed by atoms with E-state index < -0.39 is 7.43 Å². The van der Waals surface area contributed by atoms with Crippen LogP contribution in [0.3, 0.4) is 0 Å². The third-order valence-electron chi connectivity index (χ3n) is 0. The van der Waals surface area contributed by atoms with E-state index in [-0.39, 0.29) is 0 Å². The van der Waals surface area contributed by atoms with Crippen LogP contribution in [-0.4, -0.2) is 6.66 Å². The maximum absolute atomic E-state index is 5.12. The van der Waals surface area contributed by atoms with Crippen LogP contribution in [0.5, 0.6) is 0 Å². The number of hydrogen-bond donors (Lipinski definition) is 1. The second kappa shape index (κ2) is 1.95. The molecule has 26 valence electrons. The molecule has 0 saturated heterocycles. The molecule has 1 atom stereocenters. The molecule has 0 aliphatic carbocycles. The van der Waals surface area contributed by atoms with Gasteiger partial charge in [-0.3, -0.25) is 5.50 Å². The van der Waals surface area contributed by atoms with E-state index >= 15 is 0 Å². The highest BCUT2D eigenvalue weighted by molar-refractivity contribution is 7.81. The van der Waals surface area contributed by atoms with E-state index in [1.807, 2.05) is 0 Å². The first-order valence-corrected chi connectivity index (χ1v) is 3.64. The van der Waals surface area contributed by atoms with Crippen molar-refractivity contribution in [1.29, 1.82) is 0 Å². The third-order valence-corrected chi connectivity index (χ3v) is 0. The van der Waals surface area contributed by atoms with E-state index in [1.54, 1.807) is 6.66 Å². The van der Waals surface area contributed by atoms with E-state index in [0.717, 1.165) is 0 Å². The van der Waals surface area contributed by atoms with Crippen LogP contribution in [0.4, 0.5) is 0 Å². The lowest BCUT2D eigenvalue weighted by atomic mass is 12.0. The summed E-state index contributed by atoms with van der Waals surface area (Å²) in [7, 11) is -0.648. The summed E-state index contributed by atoms with van der Waals surface area (Å²) >= 11 is 5.12. The Morgan fingerprint density at radius 2 is 2.00 bits per heavy atom. The van der Waals surface area contributed by atoms with Gasteiger partial charge >= 0.3 is 0 Å². The molecule has 0 aromatic carbocycles. The topological polar surface area (TPSA) is 26.0 Å². The van der Waals surface area contributed by atoms with Crippen molar-refractivity contribution in [2.24, 2.45) is 5.50 Å². The number of rotatable bonds is 0.